The molecule has 0 spiro atoms. The highest BCUT2D eigenvalue weighted by Crippen LogP contribution is 2.67. The molecule has 4 saturated carbocycles. The molecule has 1 heteroatoms. The lowest BCUT2D eigenvalue weighted by molar-refractivity contribution is -0.116. The SMILES string of the molecule is COCC1CC[C@@]2(C)CC[C@H]3[C@@H](CC[C@H]4CCCC[C@@]43C)[C@H]12. The van der Waals surface area contributed by atoms with Crippen LogP contribution in [0.15, 0.2) is 0 Å². The van der Waals surface area contributed by atoms with Crippen LogP contribution < -0.4 is 0 Å². The zero-order valence-corrected chi connectivity index (χ0v) is 15.1. The van der Waals surface area contributed by atoms with Crippen LogP contribution in [0.1, 0.15) is 78.1 Å². The van der Waals surface area contributed by atoms with E-state index in [0.29, 0.717) is 10.8 Å². The molecule has 0 N–H and O–H groups in total. The number of methoxy groups -OCH3 is 1. The number of ether oxygens (including phenoxy) is 1. The maximum absolute atomic E-state index is 5.63. The Kier molecular flexibility index (Phi) is 3.87. The Bertz CT molecular complexity index is 418. The summed E-state index contributed by atoms with van der Waals surface area (Å²) < 4.78 is 5.63. The zero-order chi connectivity index (χ0) is 15.4. The third-order valence-corrected chi connectivity index (χ3v) is 8.93. The van der Waals surface area contributed by atoms with Gasteiger partial charge in [0, 0.05) is 13.7 Å². The van der Waals surface area contributed by atoms with E-state index < -0.39 is 0 Å². The average molecular weight is 305 g/mol. The molecule has 0 bridgehead atoms. The van der Waals surface area contributed by atoms with Crippen LogP contribution >= 0.6 is 0 Å². The smallest absolute Gasteiger partial charge is 0.0493 e. The third-order valence-electron chi connectivity index (χ3n) is 8.93. The van der Waals surface area contributed by atoms with Crippen LogP contribution in [0.25, 0.3) is 0 Å². The molecule has 4 fully saturated rings. The van der Waals surface area contributed by atoms with Gasteiger partial charge in [0.25, 0.3) is 0 Å². The molecule has 0 radical (unpaired) electrons. The van der Waals surface area contributed by atoms with Crippen LogP contribution in [0.2, 0.25) is 0 Å². The second kappa shape index (κ2) is 5.50. The lowest BCUT2D eigenvalue weighted by Crippen LogP contribution is -2.53. The molecular weight excluding hydrogens is 268 g/mol. The summed E-state index contributed by atoms with van der Waals surface area (Å²) in [5.41, 5.74) is 1.32. The second-order valence-electron chi connectivity index (χ2n) is 9.77. The second-order valence-corrected chi connectivity index (χ2v) is 9.77. The summed E-state index contributed by atoms with van der Waals surface area (Å²) in [5, 5.41) is 0. The fraction of sp³-hybridized carbons (Fsp3) is 1.00. The van der Waals surface area contributed by atoms with E-state index in [1.165, 1.54) is 64.2 Å². The van der Waals surface area contributed by atoms with Gasteiger partial charge in [-0.3, -0.25) is 0 Å². The van der Waals surface area contributed by atoms with E-state index in [1.54, 1.807) is 0 Å². The van der Waals surface area contributed by atoms with E-state index in [2.05, 4.69) is 13.8 Å². The van der Waals surface area contributed by atoms with Crippen LogP contribution in [0.4, 0.5) is 0 Å². The quantitative estimate of drug-likeness (QED) is 0.637. The van der Waals surface area contributed by atoms with Gasteiger partial charge in [0.15, 0.2) is 0 Å². The summed E-state index contributed by atoms with van der Waals surface area (Å²) in [7, 11) is 1.91. The van der Waals surface area contributed by atoms with Crippen molar-refractivity contribution in [3.8, 4) is 0 Å². The highest BCUT2D eigenvalue weighted by molar-refractivity contribution is 5.08. The van der Waals surface area contributed by atoms with Crippen LogP contribution in [0.5, 0.6) is 0 Å². The van der Waals surface area contributed by atoms with Gasteiger partial charge in [-0.15, -0.1) is 0 Å². The molecule has 0 amide bonds. The van der Waals surface area contributed by atoms with E-state index in [9.17, 15) is 0 Å². The van der Waals surface area contributed by atoms with Crippen molar-refractivity contribution >= 4 is 0 Å². The molecule has 0 aromatic rings. The standard InChI is InChI=1S/C21H36O/c1-20-12-9-15(14-22-3)19(20)17-8-7-16-6-4-5-11-21(16,2)18(17)10-13-20/h15-19H,4-14H2,1-3H3/t15?,16-,17-,18+,19+,20+,21+/m1/s1. The van der Waals surface area contributed by atoms with Crippen molar-refractivity contribution < 1.29 is 4.74 Å². The number of hydrogen-bond donors (Lipinski definition) is 0. The van der Waals surface area contributed by atoms with Gasteiger partial charge in [-0.05, 0) is 91.8 Å². The Hall–Kier alpha value is -0.0400. The predicted octanol–water partition coefficient (Wildman–Crippen LogP) is 5.68. The summed E-state index contributed by atoms with van der Waals surface area (Å²) in [6.45, 7) is 6.33. The molecule has 4 rings (SSSR count). The fourth-order valence-corrected chi connectivity index (χ4v) is 7.93. The lowest BCUT2D eigenvalue weighted by atomic mass is 9.45. The van der Waals surface area contributed by atoms with Crippen molar-refractivity contribution in [2.75, 3.05) is 13.7 Å². The molecule has 0 aromatic heterocycles. The van der Waals surface area contributed by atoms with E-state index in [-0.39, 0.29) is 0 Å². The topological polar surface area (TPSA) is 9.23 Å². The van der Waals surface area contributed by atoms with Crippen molar-refractivity contribution in [2.24, 2.45) is 40.4 Å². The number of rotatable bonds is 2. The van der Waals surface area contributed by atoms with Crippen LogP contribution in [-0.2, 0) is 4.74 Å². The normalized spacial score (nSPS) is 54.4. The van der Waals surface area contributed by atoms with E-state index in [4.69, 9.17) is 4.74 Å². The first kappa shape index (κ1) is 15.5. The lowest BCUT2D eigenvalue weighted by Gasteiger charge is -2.60. The minimum Gasteiger partial charge on any atom is -0.384 e. The first-order chi connectivity index (χ1) is 10.6. The molecule has 0 heterocycles. The monoisotopic (exact) mass is 304 g/mol. The van der Waals surface area contributed by atoms with Crippen molar-refractivity contribution in [1.82, 2.24) is 0 Å². The minimum absolute atomic E-state index is 0.641. The molecule has 126 valence electrons. The molecule has 0 aliphatic heterocycles. The maximum Gasteiger partial charge on any atom is 0.0493 e. The summed E-state index contributed by atoms with van der Waals surface area (Å²) in [6, 6.07) is 0. The Morgan fingerprint density at radius 3 is 2.55 bits per heavy atom. The molecule has 22 heavy (non-hydrogen) atoms. The van der Waals surface area contributed by atoms with Gasteiger partial charge in [0.2, 0.25) is 0 Å². The van der Waals surface area contributed by atoms with Crippen molar-refractivity contribution in [1.29, 1.82) is 0 Å². The fourth-order valence-electron chi connectivity index (χ4n) is 7.93. The van der Waals surface area contributed by atoms with Gasteiger partial charge in [-0.1, -0.05) is 26.7 Å². The van der Waals surface area contributed by atoms with E-state index >= 15 is 0 Å². The molecular formula is C21H36O. The molecule has 1 unspecified atom stereocenters. The minimum atomic E-state index is 0.641. The molecule has 0 aromatic carbocycles. The van der Waals surface area contributed by atoms with Gasteiger partial charge >= 0.3 is 0 Å². The van der Waals surface area contributed by atoms with Crippen LogP contribution in [0.3, 0.4) is 0 Å². The largest absolute Gasteiger partial charge is 0.384 e. The summed E-state index contributed by atoms with van der Waals surface area (Å²) in [6.07, 6.45) is 15.1. The van der Waals surface area contributed by atoms with E-state index in [1.807, 2.05) is 7.11 Å². The Morgan fingerprint density at radius 1 is 0.909 bits per heavy atom. The zero-order valence-electron chi connectivity index (χ0n) is 15.1. The number of hydrogen-bond acceptors (Lipinski definition) is 1. The first-order valence-electron chi connectivity index (χ1n) is 10.1. The van der Waals surface area contributed by atoms with Crippen molar-refractivity contribution in [3.05, 3.63) is 0 Å². The van der Waals surface area contributed by atoms with Crippen LogP contribution in [0, 0.1) is 40.4 Å². The molecule has 1 nitrogen and oxygen atoms in total. The van der Waals surface area contributed by atoms with Gasteiger partial charge < -0.3 is 4.74 Å². The van der Waals surface area contributed by atoms with Crippen LogP contribution in [-0.4, -0.2) is 13.7 Å². The molecule has 7 atom stereocenters. The maximum atomic E-state index is 5.63. The van der Waals surface area contributed by atoms with Gasteiger partial charge in [-0.25, -0.2) is 0 Å². The van der Waals surface area contributed by atoms with E-state index in [0.717, 1.165) is 36.2 Å². The first-order valence-corrected chi connectivity index (χ1v) is 10.1. The molecule has 0 saturated heterocycles. The highest BCUT2D eigenvalue weighted by Gasteiger charge is 2.59. The number of fused-ring (bicyclic) bond motifs is 5. The Morgan fingerprint density at radius 2 is 1.73 bits per heavy atom. The predicted molar refractivity (Wildman–Crippen MR) is 91.7 cm³/mol. The third kappa shape index (κ3) is 2.14. The van der Waals surface area contributed by atoms with Gasteiger partial charge in [0.05, 0.1) is 0 Å². The Labute approximate surface area is 137 Å². The van der Waals surface area contributed by atoms with Gasteiger partial charge in [-0.2, -0.15) is 0 Å². The highest BCUT2D eigenvalue weighted by atomic mass is 16.5. The molecule has 4 aliphatic rings. The summed E-state index contributed by atoms with van der Waals surface area (Å²) in [4.78, 5) is 0. The summed E-state index contributed by atoms with van der Waals surface area (Å²) in [5.74, 6) is 4.91. The van der Waals surface area contributed by atoms with Crippen molar-refractivity contribution in [3.63, 3.8) is 0 Å². The summed E-state index contributed by atoms with van der Waals surface area (Å²) >= 11 is 0. The van der Waals surface area contributed by atoms with Gasteiger partial charge in [0.1, 0.15) is 0 Å². The van der Waals surface area contributed by atoms with Crippen molar-refractivity contribution in [2.45, 2.75) is 78.1 Å². The molecule has 4 aliphatic carbocycles. The average Bonchev–Trinajstić information content (AvgIpc) is 2.84. The Balaban J connectivity index is 1.63.